The lowest BCUT2D eigenvalue weighted by Crippen LogP contribution is -2.00. The monoisotopic (exact) mass is 198 g/mol. The molecule has 0 aliphatic heterocycles. The van der Waals surface area contributed by atoms with Crippen LogP contribution in [0.15, 0.2) is 48.8 Å². The summed E-state index contributed by atoms with van der Waals surface area (Å²) in [6.45, 7) is 2.15. The van der Waals surface area contributed by atoms with Gasteiger partial charge in [0.25, 0.3) is 0 Å². The van der Waals surface area contributed by atoms with Gasteiger partial charge >= 0.3 is 0 Å². The second-order valence-corrected chi connectivity index (χ2v) is 3.63. The van der Waals surface area contributed by atoms with E-state index in [2.05, 4.69) is 18.0 Å². The van der Waals surface area contributed by atoms with Crippen LogP contribution in [0.2, 0.25) is 0 Å². The summed E-state index contributed by atoms with van der Waals surface area (Å²) in [4.78, 5) is 4.01. The number of benzene rings is 1. The van der Waals surface area contributed by atoms with E-state index in [4.69, 9.17) is 5.73 Å². The third-order valence-electron chi connectivity index (χ3n) is 2.67. The molecule has 0 aliphatic carbocycles. The van der Waals surface area contributed by atoms with Crippen LogP contribution < -0.4 is 5.73 Å². The van der Waals surface area contributed by atoms with E-state index in [0.717, 1.165) is 5.69 Å². The Kier molecular flexibility index (Phi) is 2.68. The Morgan fingerprint density at radius 3 is 2.40 bits per heavy atom. The van der Waals surface area contributed by atoms with Crippen LogP contribution in [0.4, 0.5) is 5.69 Å². The Bertz CT molecular complexity index is 437. The highest BCUT2D eigenvalue weighted by Gasteiger charge is 2.09. The first-order valence-corrected chi connectivity index (χ1v) is 5.03. The minimum absolute atomic E-state index is 0.314. The Hall–Kier alpha value is -1.83. The standard InChI is InChI=1S/C13H14N2/c1-10(11-6-8-15-9-7-11)12-4-2-3-5-13(12)14/h2-10H,14H2,1H3. The highest BCUT2D eigenvalue weighted by Crippen LogP contribution is 2.27. The molecule has 0 amide bonds. The lowest BCUT2D eigenvalue weighted by atomic mass is 9.93. The molecule has 15 heavy (non-hydrogen) atoms. The highest BCUT2D eigenvalue weighted by atomic mass is 14.6. The predicted octanol–water partition coefficient (Wildman–Crippen LogP) is 2.82. The van der Waals surface area contributed by atoms with Crippen molar-refractivity contribution in [3.63, 3.8) is 0 Å². The maximum atomic E-state index is 5.94. The molecule has 1 heterocycles. The van der Waals surface area contributed by atoms with Gasteiger partial charge in [0.15, 0.2) is 0 Å². The van der Waals surface area contributed by atoms with Crippen LogP contribution in [-0.2, 0) is 0 Å². The molecule has 0 aliphatic rings. The number of anilines is 1. The minimum atomic E-state index is 0.314. The van der Waals surface area contributed by atoms with Crippen molar-refractivity contribution in [2.45, 2.75) is 12.8 Å². The van der Waals surface area contributed by atoms with Crippen LogP contribution in [-0.4, -0.2) is 4.98 Å². The molecule has 2 N–H and O–H groups in total. The second kappa shape index (κ2) is 4.13. The molecule has 0 saturated heterocycles. The Balaban J connectivity index is 2.37. The van der Waals surface area contributed by atoms with Crippen molar-refractivity contribution in [1.29, 1.82) is 0 Å². The number of nitrogens with zero attached hydrogens (tertiary/aromatic N) is 1. The first-order valence-electron chi connectivity index (χ1n) is 5.03. The van der Waals surface area contributed by atoms with Gasteiger partial charge in [-0.3, -0.25) is 4.98 Å². The summed E-state index contributed by atoms with van der Waals surface area (Å²) >= 11 is 0. The van der Waals surface area contributed by atoms with Crippen LogP contribution >= 0.6 is 0 Å². The van der Waals surface area contributed by atoms with Gasteiger partial charge in [0.1, 0.15) is 0 Å². The number of para-hydroxylation sites is 1. The van der Waals surface area contributed by atoms with Gasteiger partial charge in [0, 0.05) is 24.0 Å². The van der Waals surface area contributed by atoms with Crippen molar-refractivity contribution in [3.8, 4) is 0 Å². The SMILES string of the molecule is CC(c1ccncc1)c1ccccc1N. The number of hydrogen-bond acceptors (Lipinski definition) is 2. The van der Waals surface area contributed by atoms with Crippen LogP contribution in [0.5, 0.6) is 0 Å². The van der Waals surface area contributed by atoms with E-state index in [1.165, 1.54) is 11.1 Å². The van der Waals surface area contributed by atoms with Gasteiger partial charge < -0.3 is 5.73 Å². The van der Waals surface area contributed by atoms with Gasteiger partial charge in [-0.2, -0.15) is 0 Å². The Morgan fingerprint density at radius 2 is 1.73 bits per heavy atom. The third kappa shape index (κ3) is 1.99. The number of nitrogens with two attached hydrogens (primary N) is 1. The first-order chi connectivity index (χ1) is 7.29. The number of hydrogen-bond donors (Lipinski definition) is 1. The molecule has 76 valence electrons. The van der Waals surface area contributed by atoms with E-state index >= 15 is 0 Å². The normalized spacial score (nSPS) is 12.3. The topological polar surface area (TPSA) is 38.9 Å². The summed E-state index contributed by atoms with van der Waals surface area (Å²) < 4.78 is 0. The van der Waals surface area contributed by atoms with Crippen molar-refractivity contribution >= 4 is 5.69 Å². The number of pyridine rings is 1. The Labute approximate surface area is 89.8 Å². The summed E-state index contributed by atoms with van der Waals surface area (Å²) in [5, 5.41) is 0. The molecule has 1 aromatic heterocycles. The zero-order chi connectivity index (χ0) is 10.7. The molecule has 2 nitrogen and oxygen atoms in total. The van der Waals surface area contributed by atoms with Crippen molar-refractivity contribution in [1.82, 2.24) is 4.98 Å². The van der Waals surface area contributed by atoms with Crippen molar-refractivity contribution < 1.29 is 0 Å². The summed E-state index contributed by atoms with van der Waals surface area (Å²) in [6.07, 6.45) is 3.62. The lowest BCUT2D eigenvalue weighted by molar-refractivity contribution is 0.921. The molecule has 2 aromatic rings. The zero-order valence-electron chi connectivity index (χ0n) is 8.72. The Morgan fingerprint density at radius 1 is 1.07 bits per heavy atom. The largest absolute Gasteiger partial charge is 0.398 e. The fourth-order valence-electron chi connectivity index (χ4n) is 1.74. The number of rotatable bonds is 2. The molecule has 0 radical (unpaired) electrons. The molecular weight excluding hydrogens is 184 g/mol. The van der Waals surface area contributed by atoms with E-state index in [0.29, 0.717) is 5.92 Å². The third-order valence-corrected chi connectivity index (χ3v) is 2.67. The van der Waals surface area contributed by atoms with Crippen molar-refractivity contribution in [2.24, 2.45) is 0 Å². The smallest absolute Gasteiger partial charge is 0.0352 e. The molecule has 1 atom stereocenters. The van der Waals surface area contributed by atoms with Gasteiger partial charge in [-0.05, 0) is 29.3 Å². The molecule has 0 bridgehead atoms. The quantitative estimate of drug-likeness (QED) is 0.753. The summed E-state index contributed by atoms with van der Waals surface area (Å²) in [5.74, 6) is 0.314. The number of nitrogen functional groups attached to an aromatic ring is 1. The first kappa shape index (κ1) is 9.71. The number of aromatic nitrogens is 1. The average Bonchev–Trinajstić information content (AvgIpc) is 2.30. The molecule has 2 heteroatoms. The minimum Gasteiger partial charge on any atom is -0.398 e. The van der Waals surface area contributed by atoms with E-state index in [9.17, 15) is 0 Å². The molecule has 1 aromatic carbocycles. The van der Waals surface area contributed by atoms with Crippen LogP contribution in [0.3, 0.4) is 0 Å². The average molecular weight is 198 g/mol. The lowest BCUT2D eigenvalue weighted by Gasteiger charge is -2.14. The summed E-state index contributed by atoms with van der Waals surface area (Å²) in [7, 11) is 0. The van der Waals surface area contributed by atoms with Gasteiger partial charge in [0.05, 0.1) is 0 Å². The summed E-state index contributed by atoms with van der Waals surface area (Å²) in [5.41, 5.74) is 9.20. The highest BCUT2D eigenvalue weighted by molar-refractivity contribution is 5.50. The van der Waals surface area contributed by atoms with E-state index in [1.54, 1.807) is 0 Å². The predicted molar refractivity (Wildman–Crippen MR) is 62.6 cm³/mol. The van der Waals surface area contributed by atoms with Crippen LogP contribution in [0.1, 0.15) is 24.0 Å². The molecule has 1 unspecified atom stereocenters. The summed E-state index contributed by atoms with van der Waals surface area (Å²) in [6, 6.07) is 12.0. The molecule has 2 rings (SSSR count). The molecule has 0 fully saturated rings. The van der Waals surface area contributed by atoms with E-state index in [-0.39, 0.29) is 0 Å². The van der Waals surface area contributed by atoms with E-state index in [1.807, 2.05) is 42.7 Å². The van der Waals surface area contributed by atoms with Crippen molar-refractivity contribution in [3.05, 3.63) is 59.9 Å². The zero-order valence-corrected chi connectivity index (χ0v) is 8.72. The maximum absolute atomic E-state index is 5.94. The maximum Gasteiger partial charge on any atom is 0.0352 e. The van der Waals surface area contributed by atoms with Gasteiger partial charge in [-0.15, -0.1) is 0 Å². The van der Waals surface area contributed by atoms with Crippen LogP contribution in [0.25, 0.3) is 0 Å². The van der Waals surface area contributed by atoms with Gasteiger partial charge in [0.2, 0.25) is 0 Å². The van der Waals surface area contributed by atoms with Gasteiger partial charge in [-0.1, -0.05) is 25.1 Å². The molecule has 0 saturated carbocycles. The van der Waals surface area contributed by atoms with E-state index < -0.39 is 0 Å². The fourth-order valence-corrected chi connectivity index (χ4v) is 1.74. The van der Waals surface area contributed by atoms with Crippen LogP contribution in [0, 0.1) is 0 Å². The molecule has 0 spiro atoms. The fraction of sp³-hybridized carbons (Fsp3) is 0.154. The second-order valence-electron chi connectivity index (χ2n) is 3.63. The van der Waals surface area contributed by atoms with Gasteiger partial charge in [-0.25, -0.2) is 0 Å². The molecular formula is C13H14N2. The van der Waals surface area contributed by atoms with Crippen molar-refractivity contribution in [2.75, 3.05) is 5.73 Å².